The number of aliphatic hydroxyl groups excluding tert-OH is 1. The molecule has 1 unspecified atom stereocenters. The molecule has 1 atom stereocenters. The zero-order valence-electron chi connectivity index (χ0n) is 13.9. The van der Waals surface area contributed by atoms with E-state index in [0.717, 1.165) is 22.4 Å². The molecule has 0 radical (unpaired) electrons. The third-order valence-electron chi connectivity index (χ3n) is 3.74. The normalized spacial score (nSPS) is 12.5. The van der Waals surface area contributed by atoms with Gasteiger partial charge in [-0.05, 0) is 41.9 Å². The van der Waals surface area contributed by atoms with E-state index in [4.69, 9.17) is 16.3 Å². The van der Waals surface area contributed by atoms with Gasteiger partial charge in [0.25, 0.3) is 0 Å². The summed E-state index contributed by atoms with van der Waals surface area (Å²) in [6, 6.07) is 3.92. The van der Waals surface area contributed by atoms with E-state index in [-0.39, 0.29) is 11.1 Å². The monoisotopic (exact) mass is 352 g/mol. The molecule has 6 heteroatoms. The van der Waals surface area contributed by atoms with Crippen molar-refractivity contribution in [3.63, 3.8) is 0 Å². The van der Waals surface area contributed by atoms with Gasteiger partial charge < -0.3 is 9.84 Å². The van der Waals surface area contributed by atoms with Gasteiger partial charge in [-0.1, -0.05) is 43.3 Å². The summed E-state index contributed by atoms with van der Waals surface area (Å²) in [5, 5.41) is 11.7. The number of halogens is 1. The number of hydrogen-bond donors (Lipinski definition) is 1. The highest BCUT2D eigenvalue weighted by Gasteiger charge is 2.22. The molecular formula is C17H21ClN2O2S. The van der Waals surface area contributed by atoms with Crippen LogP contribution in [0.5, 0.6) is 5.75 Å². The Morgan fingerprint density at radius 2 is 1.91 bits per heavy atom. The predicted octanol–water partition coefficient (Wildman–Crippen LogP) is 4.37. The molecule has 0 saturated heterocycles. The van der Waals surface area contributed by atoms with E-state index in [0.29, 0.717) is 10.7 Å². The third-order valence-corrected chi connectivity index (χ3v) is 4.60. The Morgan fingerprint density at radius 1 is 1.22 bits per heavy atom. The first-order valence-electron chi connectivity index (χ1n) is 7.32. The maximum absolute atomic E-state index is 10.9. The lowest BCUT2D eigenvalue weighted by Gasteiger charge is -2.21. The Morgan fingerprint density at radius 3 is 2.43 bits per heavy atom. The zero-order valence-corrected chi connectivity index (χ0v) is 15.5. The molecule has 1 aromatic heterocycles. The van der Waals surface area contributed by atoms with Crippen molar-refractivity contribution in [2.75, 3.05) is 13.4 Å². The average molecular weight is 353 g/mol. The highest BCUT2D eigenvalue weighted by molar-refractivity contribution is 7.98. The Labute approximate surface area is 146 Å². The lowest BCUT2D eigenvalue weighted by Crippen LogP contribution is -2.08. The summed E-state index contributed by atoms with van der Waals surface area (Å²) in [5.74, 6) is 0.996. The molecule has 0 saturated carbocycles. The first-order valence-corrected chi connectivity index (χ1v) is 8.92. The standard InChI is InChI=1S/C17H21ClN2O2S/c1-9(2)11-6-10(3)14(22-4)7-12(11)15(21)13-8-19-17(23-5)20-16(13)18/h6-9,15,21H,1-5H3. The van der Waals surface area contributed by atoms with E-state index in [9.17, 15) is 5.11 Å². The fraction of sp³-hybridized carbons (Fsp3) is 0.412. The van der Waals surface area contributed by atoms with E-state index in [1.807, 2.05) is 25.3 Å². The summed E-state index contributed by atoms with van der Waals surface area (Å²) in [7, 11) is 1.62. The van der Waals surface area contributed by atoms with Gasteiger partial charge in [-0.25, -0.2) is 9.97 Å². The lowest BCUT2D eigenvalue weighted by molar-refractivity contribution is 0.217. The molecule has 4 nitrogen and oxygen atoms in total. The minimum absolute atomic E-state index is 0.259. The Kier molecular flexibility index (Phi) is 5.89. The highest BCUT2D eigenvalue weighted by atomic mass is 35.5. The maximum atomic E-state index is 10.9. The van der Waals surface area contributed by atoms with Crippen LogP contribution >= 0.6 is 23.4 Å². The number of aryl methyl sites for hydroxylation is 1. The molecule has 1 aromatic carbocycles. The van der Waals surface area contributed by atoms with Gasteiger partial charge in [-0.3, -0.25) is 0 Å². The van der Waals surface area contributed by atoms with Crippen LogP contribution in [0.25, 0.3) is 0 Å². The van der Waals surface area contributed by atoms with E-state index in [1.165, 1.54) is 11.8 Å². The molecule has 0 aliphatic heterocycles. The molecule has 0 amide bonds. The van der Waals surface area contributed by atoms with Crippen molar-refractivity contribution in [1.82, 2.24) is 9.97 Å². The highest BCUT2D eigenvalue weighted by Crippen LogP contribution is 2.36. The summed E-state index contributed by atoms with van der Waals surface area (Å²) in [6.07, 6.45) is 2.57. The van der Waals surface area contributed by atoms with Gasteiger partial charge in [-0.2, -0.15) is 0 Å². The zero-order chi connectivity index (χ0) is 17.1. The molecule has 0 bridgehead atoms. The second-order valence-electron chi connectivity index (χ2n) is 5.61. The van der Waals surface area contributed by atoms with E-state index in [1.54, 1.807) is 13.3 Å². The summed E-state index contributed by atoms with van der Waals surface area (Å²) in [6.45, 7) is 6.17. The van der Waals surface area contributed by atoms with Crippen molar-refractivity contribution in [3.8, 4) is 5.75 Å². The molecule has 1 N–H and O–H groups in total. The number of ether oxygens (including phenoxy) is 1. The average Bonchev–Trinajstić information content (AvgIpc) is 2.53. The molecule has 124 valence electrons. The number of benzene rings is 1. The second-order valence-corrected chi connectivity index (χ2v) is 6.74. The Hall–Kier alpha value is -1.30. The number of methoxy groups -OCH3 is 1. The van der Waals surface area contributed by atoms with Crippen LogP contribution in [0.4, 0.5) is 0 Å². The minimum atomic E-state index is -0.898. The van der Waals surface area contributed by atoms with Gasteiger partial charge in [0.05, 0.1) is 7.11 Å². The van der Waals surface area contributed by atoms with E-state index < -0.39 is 6.10 Å². The molecule has 2 rings (SSSR count). The number of aliphatic hydroxyl groups is 1. The van der Waals surface area contributed by atoms with Crippen molar-refractivity contribution >= 4 is 23.4 Å². The van der Waals surface area contributed by atoms with Gasteiger partial charge in [0.2, 0.25) is 0 Å². The Balaban J connectivity index is 2.55. The van der Waals surface area contributed by atoms with Crippen molar-refractivity contribution < 1.29 is 9.84 Å². The van der Waals surface area contributed by atoms with Gasteiger partial charge >= 0.3 is 0 Å². The smallest absolute Gasteiger partial charge is 0.188 e. The molecule has 0 spiro atoms. The number of thioether (sulfide) groups is 1. The molecular weight excluding hydrogens is 332 g/mol. The predicted molar refractivity (Wildman–Crippen MR) is 94.7 cm³/mol. The number of aromatic nitrogens is 2. The fourth-order valence-corrected chi connectivity index (χ4v) is 3.11. The summed E-state index contributed by atoms with van der Waals surface area (Å²) in [4.78, 5) is 8.41. The van der Waals surface area contributed by atoms with Crippen LogP contribution in [0.2, 0.25) is 5.15 Å². The molecule has 0 aliphatic rings. The van der Waals surface area contributed by atoms with Crippen LogP contribution in [0.1, 0.15) is 48.1 Å². The van der Waals surface area contributed by atoms with Crippen LogP contribution in [0.3, 0.4) is 0 Å². The lowest BCUT2D eigenvalue weighted by atomic mass is 9.90. The quantitative estimate of drug-likeness (QED) is 0.492. The molecule has 0 fully saturated rings. The van der Waals surface area contributed by atoms with Crippen LogP contribution in [0, 0.1) is 6.92 Å². The van der Waals surface area contributed by atoms with Gasteiger partial charge in [0.1, 0.15) is 17.0 Å². The van der Waals surface area contributed by atoms with Crippen LogP contribution < -0.4 is 4.74 Å². The minimum Gasteiger partial charge on any atom is -0.496 e. The molecule has 0 aliphatic carbocycles. The number of hydrogen-bond acceptors (Lipinski definition) is 5. The summed E-state index contributed by atoms with van der Waals surface area (Å²) < 4.78 is 5.39. The number of nitrogens with zero attached hydrogens (tertiary/aromatic N) is 2. The maximum Gasteiger partial charge on any atom is 0.188 e. The van der Waals surface area contributed by atoms with E-state index in [2.05, 4.69) is 23.8 Å². The van der Waals surface area contributed by atoms with Gasteiger partial charge in [0.15, 0.2) is 5.16 Å². The van der Waals surface area contributed by atoms with Crippen LogP contribution in [-0.4, -0.2) is 28.4 Å². The number of rotatable bonds is 5. The SMILES string of the molecule is COc1cc(C(O)c2cnc(SC)nc2Cl)c(C(C)C)cc1C. The van der Waals surface area contributed by atoms with Gasteiger partial charge in [0, 0.05) is 11.8 Å². The van der Waals surface area contributed by atoms with Crippen molar-refractivity contribution in [2.24, 2.45) is 0 Å². The van der Waals surface area contributed by atoms with Gasteiger partial charge in [-0.15, -0.1) is 0 Å². The van der Waals surface area contributed by atoms with Crippen molar-refractivity contribution in [2.45, 2.75) is 37.9 Å². The summed E-state index contributed by atoms with van der Waals surface area (Å²) in [5.41, 5.74) is 3.36. The largest absolute Gasteiger partial charge is 0.496 e. The van der Waals surface area contributed by atoms with Crippen molar-refractivity contribution in [3.05, 3.63) is 45.7 Å². The van der Waals surface area contributed by atoms with E-state index >= 15 is 0 Å². The first-order chi connectivity index (χ1) is 10.9. The van der Waals surface area contributed by atoms with Crippen molar-refractivity contribution in [1.29, 1.82) is 0 Å². The first kappa shape index (κ1) is 18.0. The summed E-state index contributed by atoms with van der Waals surface area (Å²) >= 11 is 7.64. The van der Waals surface area contributed by atoms with Crippen LogP contribution in [0.15, 0.2) is 23.5 Å². The third kappa shape index (κ3) is 3.79. The molecule has 23 heavy (non-hydrogen) atoms. The second kappa shape index (κ2) is 7.51. The molecule has 1 heterocycles. The molecule has 2 aromatic rings. The topological polar surface area (TPSA) is 55.2 Å². The Bertz CT molecular complexity index is 707. The fourth-order valence-electron chi connectivity index (χ4n) is 2.49. The van der Waals surface area contributed by atoms with Crippen LogP contribution in [-0.2, 0) is 0 Å².